The number of benzene rings is 2. The average molecular weight is 230 g/mol. The van der Waals surface area contributed by atoms with Gasteiger partial charge in [-0.2, -0.15) is 5.10 Å². The van der Waals surface area contributed by atoms with Gasteiger partial charge in [0.1, 0.15) is 5.52 Å². The number of fused-ring (bicyclic) bond motifs is 5. The van der Waals surface area contributed by atoms with Gasteiger partial charge in [0.25, 0.3) is 0 Å². The third kappa shape index (κ3) is 1.23. The molecule has 0 atom stereocenters. The van der Waals surface area contributed by atoms with Crippen LogP contribution in [0.25, 0.3) is 32.4 Å². The molecule has 0 bridgehead atoms. The van der Waals surface area contributed by atoms with Gasteiger partial charge in [0.15, 0.2) is 0 Å². The molecule has 0 aliphatic rings. The van der Waals surface area contributed by atoms with E-state index in [1.54, 1.807) is 6.20 Å². The fraction of sp³-hybridized carbons (Fsp3) is 0. The lowest BCUT2D eigenvalue weighted by molar-refractivity contribution is 1.09. The van der Waals surface area contributed by atoms with Crippen molar-refractivity contribution in [2.24, 2.45) is 0 Å². The van der Waals surface area contributed by atoms with Gasteiger partial charge >= 0.3 is 0 Å². The Kier molecular flexibility index (Phi) is 1.86. The molecule has 0 N–H and O–H groups in total. The van der Waals surface area contributed by atoms with Crippen LogP contribution in [0.2, 0.25) is 0 Å². The summed E-state index contributed by atoms with van der Waals surface area (Å²) in [6.07, 6.45) is 1.72. The molecule has 2 nitrogen and oxygen atoms in total. The minimum absolute atomic E-state index is 0.966. The Labute approximate surface area is 104 Å². The molecule has 1 heterocycles. The Morgan fingerprint density at radius 2 is 1.56 bits per heavy atom. The van der Waals surface area contributed by atoms with E-state index in [9.17, 15) is 0 Å². The fourth-order valence-corrected chi connectivity index (χ4v) is 2.55. The lowest BCUT2D eigenvalue weighted by Gasteiger charge is -1.94. The van der Waals surface area contributed by atoms with Crippen molar-refractivity contribution in [3.05, 3.63) is 60.8 Å². The van der Waals surface area contributed by atoms with E-state index < -0.39 is 0 Å². The van der Waals surface area contributed by atoms with Crippen molar-refractivity contribution in [2.75, 3.05) is 0 Å². The SMILES string of the molecule is c1ccc2c(c1)cc1c2ccc2cccnnc21. The lowest BCUT2D eigenvalue weighted by atomic mass is 10.1. The van der Waals surface area contributed by atoms with E-state index >= 15 is 0 Å². The van der Waals surface area contributed by atoms with E-state index in [1.165, 1.54) is 21.5 Å². The highest BCUT2D eigenvalue weighted by molar-refractivity contribution is 6.19. The smallest absolute Gasteiger partial charge is 0.101 e. The van der Waals surface area contributed by atoms with Gasteiger partial charge in [-0.05, 0) is 28.3 Å². The quantitative estimate of drug-likeness (QED) is 0.457. The molecule has 0 radical (unpaired) electrons. The molecule has 4 rings (SSSR count). The molecule has 4 aromatic rings. The maximum absolute atomic E-state index is 4.32. The second-order valence-electron chi connectivity index (χ2n) is 4.42. The summed E-state index contributed by atoms with van der Waals surface area (Å²) in [7, 11) is 0. The summed E-state index contributed by atoms with van der Waals surface area (Å²) >= 11 is 0. The highest BCUT2D eigenvalue weighted by Gasteiger charge is 2.06. The third-order valence-corrected chi connectivity index (χ3v) is 3.39. The van der Waals surface area contributed by atoms with Gasteiger partial charge in [-0.15, -0.1) is 5.10 Å². The van der Waals surface area contributed by atoms with Crippen LogP contribution < -0.4 is 0 Å². The molecule has 3 aromatic carbocycles. The molecule has 0 aliphatic heterocycles. The van der Waals surface area contributed by atoms with E-state index in [1.807, 2.05) is 12.1 Å². The number of rotatable bonds is 0. The minimum Gasteiger partial charge on any atom is -0.159 e. The van der Waals surface area contributed by atoms with Crippen LogP contribution in [0.1, 0.15) is 0 Å². The molecular weight excluding hydrogens is 220 g/mol. The van der Waals surface area contributed by atoms with E-state index in [-0.39, 0.29) is 0 Å². The first-order chi connectivity index (χ1) is 8.93. The molecule has 1 aromatic heterocycles. The van der Waals surface area contributed by atoms with Gasteiger partial charge in [-0.1, -0.05) is 42.5 Å². The van der Waals surface area contributed by atoms with Crippen molar-refractivity contribution < 1.29 is 0 Å². The highest BCUT2D eigenvalue weighted by Crippen LogP contribution is 2.32. The summed E-state index contributed by atoms with van der Waals surface area (Å²) in [5.41, 5.74) is 0.966. The summed E-state index contributed by atoms with van der Waals surface area (Å²) in [4.78, 5) is 0. The van der Waals surface area contributed by atoms with Gasteiger partial charge in [0.05, 0.1) is 0 Å². The van der Waals surface area contributed by atoms with E-state index in [4.69, 9.17) is 0 Å². The molecule has 2 heteroatoms. The zero-order valence-electron chi connectivity index (χ0n) is 9.67. The zero-order chi connectivity index (χ0) is 11.9. The van der Waals surface area contributed by atoms with Crippen LogP contribution in [0.3, 0.4) is 0 Å². The van der Waals surface area contributed by atoms with Gasteiger partial charge < -0.3 is 0 Å². The molecule has 84 valence electrons. The van der Waals surface area contributed by atoms with Crippen molar-refractivity contribution in [1.29, 1.82) is 0 Å². The molecular formula is C16H10N2. The summed E-state index contributed by atoms with van der Waals surface area (Å²) < 4.78 is 0. The first-order valence-corrected chi connectivity index (χ1v) is 5.95. The summed E-state index contributed by atoms with van der Waals surface area (Å²) in [6.45, 7) is 0. The van der Waals surface area contributed by atoms with Crippen LogP contribution in [0.4, 0.5) is 0 Å². The van der Waals surface area contributed by atoms with E-state index in [0.29, 0.717) is 0 Å². The zero-order valence-corrected chi connectivity index (χ0v) is 9.67. The second-order valence-corrected chi connectivity index (χ2v) is 4.42. The van der Waals surface area contributed by atoms with Crippen molar-refractivity contribution >= 4 is 32.4 Å². The first-order valence-electron chi connectivity index (χ1n) is 5.95. The normalized spacial score (nSPS) is 11.3. The largest absolute Gasteiger partial charge is 0.159 e. The third-order valence-electron chi connectivity index (χ3n) is 3.39. The maximum Gasteiger partial charge on any atom is 0.101 e. The molecule has 0 saturated carbocycles. The van der Waals surface area contributed by atoms with Gasteiger partial charge in [0, 0.05) is 17.0 Å². The van der Waals surface area contributed by atoms with Crippen LogP contribution in [0.15, 0.2) is 60.8 Å². The van der Waals surface area contributed by atoms with Crippen LogP contribution in [-0.4, -0.2) is 10.2 Å². The highest BCUT2D eigenvalue weighted by atomic mass is 15.1. The van der Waals surface area contributed by atoms with Crippen LogP contribution >= 0.6 is 0 Å². The monoisotopic (exact) mass is 230 g/mol. The first kappa shape index (κ1) is 9.54. The number of hydrogen-bond acceptors (Lipinski definition) is 2. The molecule has 18 heavy (non-hydrogen) atoms. The average Bonchev–Trinajstić information content (AvgIpc) is 2.62. The predicted octanol–water partition coefficient (Wildman–Crippen LogP) is 3.94. The molecule has 0 spiro atoms. The Morgan fingerprint density at radius 1 is 0.667 bits per heavy atom. The van der Waals surface area contributed by atoms with Crippen LogP contribution in [0.5, 0.6) is 0 Å². The second kappa shape index (κ2) is 3.50. The van der Waals surface area contributed by atoms with E-state index in [0.717, 1.165) is 10.9 Å². The summed E-state index contributed by atoms with van der Waals surface area (Å²) in [5.74, 6) is 0. The Balaban J connectivity index is 2.33. The Morgan fingerprint density at radius 3 is 2.56 bits per heavy atom. The number of aromatic nitrogens is 2. The van der Waals surface area contributed by atoms with Crippen LogP contribution in [-0.2, 0) is 0 Å². The number of nitrogens with zero attached hydrogens (tertiary/aromatic N) is 2. The van der Waals surface area contributed by atoms with Crippen molar-refractivity contribution in [1.82, 2.24) is 10.2 Å². The van der Waals surface area contributed by atoms with Gasteiger partial charge in [0.2, 0.25) is 0 Å². The maximum atomic E-state index is 4.32. The van der Waals surface area contributed by atoms with Crippen molar-refractivity contribution in [3.63, 3.8) is 0 Å². The molecule has 0 saturated heterocycles. The topological polar surface area (TPSA) is 25.8 Å². The van der Waals surface area contributed by atoms with E-state index in [2.05, 4.69) is 52.7 Å². The van der Waals surface area contributed by atoms with Crippen molar-refractivity contribution in [2.45, 2.75) is 0 Å². The Bertz CT molecular complexity index is 881. The molecule has 0 amide bonds. The van der Waals surface area contributed by atoms with Crippen molar-refractivity contribution in [3.8, 4) is 0 Å². The van der Waals surface area contributed by atoms with Crippen LogP contribution in [0, 0.1) is 0 Å². The Hall–Kier alpha value is -2.48. The van der Waals surface area contributed by atoms with Gasteiger partial charge in [-0.25, -0.2) is 0 Å². The molecule has 0 fully saturated rings. The fourth-order valence-electron chi connectivity index (χ4n) is 2.55. The molecule has 0 unspecified atom stereocenters. The van der Waals surface area contributed by atoms with Gasteiger partial charge in [-0.3, -0.25) is 0 Å². The standard InChI is InChI=1S/C16H10N2/c1-2-6-13-12(4-1)10-15-14(13)8-7-11-5-3-9-17-18-16(11)15/h1-10H. The summed E-state index contributed by atoms with van der Waals surface area (Å²) in [5, 5.41) is 14.4. The molecule has 0 aliphatic carbocycles. The minimum atomic E-state index is 0.966. The predicted molar refractivity (Wildman–Crippen MR) is 74.6 cm³/mol. The lowest BCUT2D eigenvalue weighted by Crippen LogP contribution is -1.76. The summed E-state index contributed by atoms with van der Waals surface area (Å²) in [6, 6.07) is 18.9. The number of hydrogen-bond donors (Lipinski definition) is 0.